The molecule has 2 heterocycles. The number of imide groups is 1. The lowest BCUT2D eigenvalue weighted by atomic mass is 10.1. The van der Waals surface area contributed by atoms with Crippen molar-refractivity contribution in [1.29, 1.82) is 0 Å². The molecule has 7 nitrogen and oxygen atoms in total. The fourth-order valence-electron chi connectivity index (χ4n) is 2.28. The Bertz CT molecular complexity index is 746. The SMILES string of the molecule is Cc1ccccc1-c1nnc(SC(C)C(=O)N2CCNC2=O)o1. The molecule has 3 rings (SSSR count). The van der Waals surface area contributed by atoms with Gasteiger partial charge in [0.15, 0.2) is 0 Å². The number of thioether (sulfide) groups is 1. The van der Waals surface area contributed by atoms with Gasteiger partial charge in [0.2, 0.25) is 11.8 Å². The van der Waals surface area contributed by atoms with Crippen molar-refractivity contribution in [3.63, 3.8) is 0 Å². The number of aromatic nitrogens is 2. The Kier molecular flexibility index (Phi) is 4.33. The van der Waals surface area contributed by atoms with E-state index in [1.165, 1.54) is 4.90 Å². The molecule has 1 aromatic carbocycles. The molecule has 1 unspecified atom stereocenters. The zero-order chi connectivity index (χ0) is 16.4. The number of carbonyl (C=O) groups excluding carboxylic acids is 2. The molecule has 0 bridgehead atoms. The average molecular weight is 332 g/mol. The van der Waals surface area contributed by atoms with Crippen LogP contribution >= 0.6 is 11.8 Å². The summed E-state index contributed by atoms with van der Waals surface area (Å²) >= 11 is 1.15. The first kappa shape index (κ1) is 15.5. The summed E-state index contributed by atoms with van der Waals surface area (Å²) in [6.45, 7) is 4.56. The number of carbonyl (C=O) groups is 2. The van der Waals surface area contributed by atoms with Crippen LogP contribution in [0.25, 0.3) is 11.5 Å². The first-order valence-corrected chi connectivity index (χ1v) is 8.09. The quantitative estimate of drug-likeness (QED) is 0.862. The molecule has 8 heteroatoms. The van der Waals surface area contributed by atoms with Gasteiger partial charge in [-0.15, -0.1) is 10.2 Å². The molecular weight excluding hydrogens is 316 g/mol. The summed E-state index contributed by atoms with van der Waals surface area (Å²) in [5, 5.41) is 10.4. The fourth-order valence-corrected chi connectivity index (χ4v) is 3.03. The van der Waals surface area contributed by atoms with E-state index in [0.717, 1.165) is 22.9 Å². The van der Waals surface area contributed by atoms with Crippen molar-refractivity contribution < 1.29 is 14.0 Å². The van der Waals surface area contributed by atoms with Crippen LogP contribution in [-0.2, 0) is 4.79 Å². The Morgan fingerprint density at radius 1 is 1.39 bits per heavy atom. The lowest BCUT2D eigenvalue weighted by molar-refractivity contribution is -0.126. The molecule has 0 spiro atoms. The van der Waals surface area contributed by atoms with Gasteiger partial charge in [-0.1, -0.05) is 30.0 Å². The third-order valence-corrected chi connectivity index (χ3v) is 4.45. The Labute approximate surface area is 137 Å². The number of rotatable bonds is 4. The summed E-state index contributed by atoms with van der Waals surface area (Å²) in [5.74, 6) is 0.157. The average Bonchev–Trinajstić information content (AvgIpc) is 3.16. The highest BCUT2D eigenvalue weighted by Crippen LogP contribution is 2.28. The molecule has 0 saturated carbocycles. The number of benzene rings is 1. The molecule has 23 heavy (non-hydrogen) atoms. The van der Waals surface area contributed by atoms with E-state index in [0.29, 0.717) is 24.2 Å². The van der Waals surface area contributed by atoms with Crippen LogP contribution in [0.5, 0.6) is 0 Å². The molecule has 1 aliphatic rings. The molecule has 1 fully saturated rings. The molecule has 0 radical (unpaired) electrons. The van der Waals surface area contributed by atoms with E-state index >= 15 is 0 Å². The third-order valence-electron chi connectivity index (χ3n) is 3.53. The zero-order valence-corrected chi connectivity index (χ0v) is 13.6. The van der Waals surface area contributed by atoms with Crippen molar-refractivity contribution in [1.82, 2.24) is 20.4 Å². The Morgan fingerprint density at radius 3 is 2.87 bits per heavy atom. The molecular formula is C15H16N4O3S. The number of hydrogen-bond donors (Lipinski definition) is 1. The number of amides is 3. The predicted molar refractivity (Wildman–Crippen MR) is 84.9 cm³/mol. The first-order valence-electron chi connectivity index (χ1n) is 7.21. The second-order valence-corrected chi connectivity index (χ2v) is 6.46. The molecule has 1 N–H and O–H groups in total. The van der Waals surface area contributed by atoms with Gasteiger partial charge in [-0.25, -0.2) is 4.79 Å². The smallest absolute Gasteiger partial charge is 0.324 e. The summed E-state index contributed by atoms with van der Waals surface area (Å²) in [6.07, 6.45) is 0. The highest BCUT2D eigenvalue weighted by Gasteiger charge is 2.31. The van der Waals surface area contributed by atoms with E-state index in [4.69, 9.17) is 4.42 Å². The van der Waals surface area contributed by atoms with E-state index in [9.17, 15) is 9.59 Å². The summed E-state index contributed by atoms with van der Waals surface area (Å²) in [5.41, 5.74) is 1.90. The van der Waals surface area contributed by atoms with Crippen molar-refractivity contribution in [3.8, 4) is 11.5 Å². The standard InChI is InChI=1S/C15H16N4O3S/c1-9-5-3-4-6-11(9)12-17-18-15(22-12)23-10(2)13(20)19-8-7-16-14(19)21/h3-6,10H,7-8H2,1-2H3,(H,16,21). The molecule has 1 atom stereocenters. The van der Waals surface area contributed by atoms with Gasteiger partial charge in [-0.3, -0.25) is 9.69 Å². The van der Waals surface area contributed by atoms with E-state index in [-0.39, 0.29) is 11.9 Å². The minimum atomic E-state index is -0.482. The lowest BCUT2D eigenvalue weighted by Crippen LogP contribution is -2.38. The number of urea groups is 1. The van der Waals surface area contributed by atoms with Gasteiger partial charge in [0.25, 0.3) is 5.22 Å². The van der Waals surface area contributed by atoms with Crippen LogP contribution in [0, 0.1) is 6.92 Å². The van der Waals surface area contributed by atoms with Crippen molar-refractivity contribution in [2.24, 2.45) is 0 Å². The van der Waals surface area contributed by atoms with E-state index in [1.54, 1.807) is 6.92 Å². The molecule has 0 aliphatic carbocycles. The summed E-state index contributed by atoms with van der Waals surface area (Å²) < 4.78 is 5.63. The Balaban J connectivity index is 1.70. The molecule has 1 aliphatic heterocycles. The van der Waals surface area contributed by atoms with Gasteiger partial charge in [0.1, 0.15) is 0 Å². The molecule has 3 amide bonds. The number of hydrogen-bond acceptors (Lipinski definition) is 6. The Morgan fingerprint density at radius 2 is 2.17 bits per heavy atom. The van der Waals surface area contributed by atoms with E-state index in [2.05, 4.69) is 15.5 Å². The first-order chi connectivity index (χ1) is 11.1. The highest BCUT2D eigenvalue weighted by atomic mass is 32.2. The summed E-state index contributed by atoms with van der Waals surface area (Å²) in [7, 11) is 0. The van der Waals surface area contributed by atoms with Crippen molar-refractivity contribution in [2.75, 3.05) is 13.1 Å². The van der Waals surface area contributed by atoms with Crippen molar-refractivity contribution >= 4 is 23.7 Å². The van der Waals surface area contributed by atoms with Crippen LogP contribution in [0.4, 0.5) is 4.79 Å². The molecule has 1 aromatic heterocycles. The van der Waals surface area contributed by atoms with E-state index in [1.807, 2.05) is 31.2 Å². The maximum atomic E-state index is 12.2. The summed E-state index contributed by atoms with van der Waals surface area (Å²) in [4.78, 5) is 25.0. The van der Waals surface area contributed by atoms with Crippen molar-refractivity contribution in [2.45, 2.75) is 24.3 Å². The Hall–Kier alpha value is -2.35. The fraction of sp³-hybridized carbons (Fsp3) is 0.333. The second-order valence-electron chi connectivity index (χ2n) is 5.17. The van der Waals surface area contributed by atoms with Gasteiger partial charge in [0.05, 0.1) is 5.25 Å². The van der Waals surface area contributed by atoms with Gasteiger partial charge in [-0.05, 0) is 25.5 Å². The van der Waals surface area contributed by atoms with Gasteiger partial charge >= 0.3 is 6.03 Å². The van der Waals surface area contributed by atoms with Crippen LogP contribution in [0.15, 0.2) is 33.9 Å². The van der Waals surface area contributed by atoms with E-state index < -0.39 is 5.25 Å². The third kappa shape index (κ3) is 3.21. The van der Waals surface area contributed by atoms with Crippen LogP contribution in [0.1, 0.15) is 12.5 Å². The minimum Gasteiger partial charge on any atom is -0.411 e. The molecule has 2 aromatic rings. The summed E-state index contributed by atoms with van der Waals surface area (Å²) in [6, 6.07) is 7.35. The molecule has 1 saturated heterocycles. The number of nitrogens with one attached hydrogen (secondary N) is 1. The molecule has 120 valence electrons. The van der Waals surface area contributed by atoms with Crippen molar-refractivity contribution in [3.05, 3.63) is 29.8 Å². The van der Waals surface area contributed by atoms with Crippen LogP contribution < -0.4 is 5.32 Å². The van der Waals surface area contributed by atoms with Crippen LogP contribution in [0.3, 0.4) is 0 Å². The monoisotopic (exact) mass is 332 g/mol. The number of nitrogens with zero attached hydrogens (tertiary/aromatic N) is 3. The van der Waals surface area contributed by atoms with Gasteiger partial charge in [0, 0.05) is 18.7 Å². The van der Waals surface area contributed by atoms with Gasteiger partial charge < -0.3 is 9.73 Å². The van der Waals surface area contributed by atoms with Crippen LogP contribution in [-0.4, -0.2) is 45.4 Å². The largest absolute Gasteiger partial charge is 0.411 e. The zero-order valence-electron chi connectivity index (χ0n) is 12.8. The number of aryl methyl sites for hydroxylation is 1. The topological polar surface area (TPSA) is 88.3 Å². The lowest BCUT2D eigenvalue weighted by Gasteiger charge is -2.15. The second kappa shape index (κ2) is 6.41. The predicted octanol–water partition coefficient (Wildman–Crippen LogP) is 2.08. The highest BCUT2D eigenvalue weighted by molar-refractivity contribution is 8.00. The van der Waals surface area contributed by atoms with Gasteiger partial charge in [-0.2, -0.15) is 0 Å². The minimum absolute atomic E-state index is 0.263. The maximum Gasteiger partial charge on any atom is 0.324 e. The van der Waals surface area contributed by atoms with Crippen LogP contribution in [0.2, 0.25) is 0 Å². The normalized spacial score (nSPS) is 15.6. The maximum absolute atomic E-state index is 12.2.